The van der Waals surface area contributed by atoms with Crippen LogP contribution in [0.5, 0.6) is 0 Å². The van der Waals surface area contributed by atoms with Crippen LogP contribution in [0.15, 0.2) is 29.2 Å². The average molecular weight is 289 g/mol. The van der Waals surface area contributed by atoms with Gasteiger partial charge in [-0.1, -0.05) is 24.1 Å². The summed E-state index contributed by atoms with van der Waals surface area (Å²) in [5.41, 5.74) is 1.26. The molecule has 2 saturated carbocycles. The van der Waals surface area contributed by atoms with Gasteiger partial charge < -0.3 is 5.32 Å². The fraction of sp³-hybridized carbons (Fsp3) is 0.588. The number of rotatable bonds is 4. The molecule has 0 radical (unpaired) electrons. The molecule has 2 nitrogen and oxygen atoms in total. The van der Waals surface area contributed by atoms with Crippen LogP contribution >= 0.6 is 11.8 Å². The molecule has 2 aliphatic carbocycles. The van der Waals surface area contributed by atoms with Crippen molar-refractivity contribution >= 4 is 17.7 Å². The van der Waals surface area contributed by atoms with Gasteiger partial charge in [0.2, 0.25) is 5.91 Å². The Morgan fingerprint density at radius 3 is 2.60 bits per heavy atom. The van der Waals surface area contributed by atoms with Crippen molar-refractivity contribution in [3.05, 3.63) is 29.8 Å². The van der Waals surface area contributed by atoms with Crippen molar-refractivity contribution in [1.29, 1.82) is 0 Å². The van der Waals surface area contributed by atoms with Gasteiger partial charge in [-0.15, -0.1) is 11.8 Å². The van der Waals surface area contributed by atoms with Crippen LogP contribution in [0.3, 0.4) is 0 Å². The number of hydrogen-bond donors (Lipinski definition) is 1. The summed E-state index contributed by atoms with van der Waals surface area (Å²) in [5.74, 6) is 1.83. The molecule has 0 aliphatic heterocycles. The van der Waals surface area contributed by atoms with E-state index in [1.165, 1.54) is 36.1 Å². The summed E-state index contributed by atoms with van der Waals surface area (Å²) < 4.78 is 0. The summed E-state index contributed by atoms with van der Waals surface area (Å²) in [6.07, 6.45) is 5.24. The van der Waals surface area contributed by atoms with E-state index in [-0.39, 0.29) is 11.2 Å². The van der Waals surface area contributed by atoms with Crippen molar-refractivity contribution < 1.29 is 4.79 Å². The molecule has 2 aliphatic rings. The van der Waals surface area contributed by atoms with Gasteiger partial charge in [0.05, 0.1) is 5.25 Å². The minimum Gasteiger partial charge on any atom is -0.352 e. The molecule has 3 heteroatoms. The van der Waals surface area contributed by atoms with Crippen LogP contribution in [0.25, 0.3) is 0 Å². The third-order valence-electron chi connectivity index (χ3n) is 4.77. The topological polar surface area (TPSA) is 29.1 Å². The number of hydrogen-bond acceptors (Lipinski definition) is 2. The molecule has 3 rings (SSSR count). The number of nitrogens with one attached hydrogen (secondary N) is 1. The molecule has 4 unspecified atom stereocenters. The van der Waals surface area contributed by atoms with E-state index < -0.39 is 0 Å². The molecule has 1 amide bonds. The van der Waals surface area contributed by atoms with Crippen molar-refractivity contribution in [1.82, 2.24) is 5.32 Å². The Morgan fingerprint density at radius 1 is 1.25 bits per heavy atom. The second kappa shape index (κ2) is 5.80. The summed E-state index contributed by atoms with van der Waals surface area (Å²) >= 11 is 1.65. The molecule has 1 aromatic carbocycles. The minimum atomic E-state index is -0.0168. The third kappa shape index (κ3) is 3.03. The second-order valence-electron chi connectivity index (χ2n) is 6.36. The van der Waals surface area contributed by atoms with E-state index in [0.29, 0.717) is 6.04 Å². The van der Waals surface area contributed by atoms with E-state index in [1.54, 1.807) is 11.8 Å². The Kier molecular flexibility index (Phi) is 4.06. The lowest BCUT2D eigenvalue weighted by Gasteiger charge is -2.24. The number of thioether (sulfide) groups is 1. The molecule has 20 heavy (non-hydrogen) atoms. The van der Waals surface area contributed by atoms with Crippen LogP contribution < -0.4 is 5.32 Å². The first-order valence-electron chi connectivity index (χ1n) is 7.65. The lowest BCUT2D eigenvalue weighted by Crippen LogP contribution is -2.42. The molecule has 4 atom stereocenters. The molecule has 0 spiro atoms. The SMILES string of the molecule is Cc1ccc(SC(C)C(=O)NC2CC3CCC2C3)cc1. The van der Waals surface area contributed by atoms with Gasteiger partial charge in [-0.05, 0) is 57.1 Å². The van der Waals surface area contributed by atoms with Crippen LogP contribution in [0.2, 0.25) is 0 Å². The first-order valence-corrected chi connectivity index (χ1v) is 8.53. The van der Waals surface area contributed by atoms with E-state index in [4.69, 9.17) is 0 Å². The van der Waals surface area contributed by atoms with Gasteiger partial charge >= 0.3 is 0 Å². The Hall–Kier alpha value is -0.960. The highest BCUT2D eigenvalue weighted by Crippen LogP contribution is 2.44. The zero-order valence-electron chi connectivity index (χ0n) is 12.3. The van der Waals surface area contributed by atoms with Crippen LogP contribution in [-0.2, 0) is 4.79 Å². The quantitative estimate of drug-likeness (QED) is 0.855. The number of benzene rings is 1. The maximum Gasteiger partial charge on any atom is 0.233 e. The predicted octanol–water partition coefficient (Wildman–Crippen LogP) is 3.78. The lowest BCUT2D eigenvalue weighted by atomic mass is 9.95. The van der Waals surface area contributed by atoms with Crippen LogP contribution in [0, 0.1) is 18.8 Å². The van der Waals surface area contributed by atoms with Gasteiger partial charge in [0.25, 0.3) is 0 Å². The first-order chi connectivity index (χ1) is 9.61. The van der Waals surface area contributed by atoms with Gasteiger partial charge in [0.15, 0.2) is 0 Å². The Labute approximate surface area is 125 Å². The summed E-state index contributed by atoms with van der Waals surface area (Å²) in [5, 5.41) is 3.27. The van der Waals surface area contributed by atoms with E-state index in [1.807, 2.05) is 6.92 Å². The Morgan fingerprint density at radius 2 is 2.00 bits per heavy atom. The fourth-order valence-electron chi connectivity index (χ4n) is 3.60. The number of amides is 1. The normalized spacial score (nSPS) is 29.4. The van der Waals surface area contributed by atoms with Gasteiger partial charge in [0, 0.05) is 10.9 Å². The minimum absolute atomic E-state index is 0.0168. The molecule has 0 heterocycles. The number of fused-ring (bicyclic) bond motifs is 2. The average Bonchev–Trinajstić information content (AvgIpc) is 3.03. The van der Waals surface area contributed by atoms with Crippen molar-refractivity contribution in [3.63, 3.8) is 0 Å². The highest BCUT2D eigenvalue weighted by Gasteiger charge is 2.40. The monoisotopic (exact) mass is 289 g/mol. The van der Waals surface area contributed by atoms with Crippen molar-refractivity contribution in [2.45, 2.75) is 55.7 Å². The molecule has 2 bridgehead atoms. The lowest BCUT2D eigenvalue weighted by molar-refractivity contribution is -0.121. The van der Waals surface area contributed by atoms with Crippen molar-refractivity contribution in [3.8, 4) is 0 Å². The maximum absolute atomic E-state index is 12.3. The van der Waals surface area contributed by atoms with Gasteiger partial charge in [0.1, 0.15) is 0 Å². The summed E-state index contributed by atoms with van der Waals surface area (Å²) in [6.45, 7) is 4.09. The van der Waals surface area contributed by atoms with Crippen LogP contribution in [0.4, 0.5) is 0 Å². The zero-order chi connectivity index (χ0) is 14.1. The smallest absolute Gasteiger partial charge is 0.233 e. The molecule has 2 fully saturated rings. The van der Waals surface area contributed by atoms with Crippen LogP contribution in [0.1, 0.15) is 38.2 Å². The largest absolute Gasteiger partial charge is 0.352 e. The van der Waals surface area contributed by atoms with Gasteiger partial charge in [-0.25, -0.2) is 0 Å². The molecular formula is C17H23NOS. The summed E-state index contributed by atoms with van der Waals surface area (Å²) in [4.78, 5) is 13.5. The molecule has 108 valence electrons. The molecule has 0 aromatic heterocycles. The summed E-state index contributed by atoms with van der Waals surface area (Å²) in [7, 11) is 0. The second-order valence-corrected chi connectivity index (χ2v) is 7.78. The van der Waals surface area contributed by atoms with E-state index in [2.05, 4.69) is 36.5 Å². The number of carbonyl (C=O) groups excluding carboxylic acids is 1. The molecule has 0 saturated heterocycles. The Balaban J connectivity index is 1.53. The maximum atomic E-state index is 12.3. The van der Waals surface area contributed by atoms with Gasteiger partial charge in [-0.3, -0.25) is 4.79 Å². The molecule has 1 aromatic rings. The van der Waals surface area contributed by atoms with E-state index >= 15 is 0 Å². The summed E-state index contributed by atoms with van der Waals surface area (Å²) in [6, 6.07) is 8.84. The van der Waals surface area contributed by atoms with E-state index in [0.717, 1.165) is 11.8 Å². The first kappa shape index (κ1) is 14.0. The van der Waals surface area contributed by atoms with E-state index in [9.17, 15) is 4.79 Å². The molecular weight excluding hydrogens is 266 g/mol. The number of carbonyl (C=O) groups is 1. The predicted molar refractivity (Wildman–Crippen MR) is 83.9 cm³/mol. The van der Waals surface area contributed by atoms with Crippen molar-refractivity contribution in [2.75, 3.05) is 0 Å². The van der Waals surface area contributed by atoms with Crippen molar-refractivity contribution in [2.24, 2.45) is 11.8 Å². The highest BCUT2D eigenvalue weighted by atomic mass is 32.2. The van der Waals surface area contributed by atoms with Gasteiger partial charge in [-0.2, -0.15) is 0 Å². The zero-order valence-corrected chi connectivity index (χ0v) is 13.1. The fourth-order valence-corrected chi connectivity index (χ4v) is 4.47. The standard InChI is InChI=1S/C17H23NOS/c1-11-3-7-15(8-4-11)20-12(2)17(19)18-16-10-13-5-6-14(16)9-13/h3-4,7-8,12-14,16H,5-6,9-10H2,1-2H3,(H,18,19). The van der Waals surface area contributed by atoms with Crippen LogP contribution in [-0.4, -0.2) is 17.2 Å². The molecule has 1 N–H and O–H groups in total. The third-order valence-corrected chi connectivity index (χ3v) is 5.88. The Bertz CT molecular complexity index is 484. The highest BCUT2D eigenvalue weighted by molar-refractivity contribution is 8.00. The number of aryl methyl sites for hydroxylation is 1.